The molecular formula is C14H28N4O. The number of likely N-dealkylation sites (N-methyl/N-ethyl adjacent to an activating group) is 1. The minimum Gasteiger partial charge on any atom is -0.380 e. The van der Waals surface area contributed by atoms with Crippen LogP contribution in [-0.2, 0) is 18.2 Å². The molecule has 0 amide bonds. The first-order valence-corrected chi connectivity index (χ1v) is 7.22. The Hall–Kier alpha value is -0.910. The van der Waals surface area contributed by atoms with Crippen LogP contribution in [0.5, 0.6) is 0 Å². The van der Waals surface area contributed by atoms with Crippen LogP contribution in [0, 0.1) is 0 Å². The Bertz CT molecular complexity index is 364. The predicted octanol–water partition coefficient (Wildman–Crippen LogP) is 1.34. The summed E-state index contributed by atoms with van der Waals surface area (Å²) in [7, 11) is 1.96. The number of rotatable bonds is 9. The molecule has 110 valence electrons. The fraction of sp³-hybridized carbons (Fsp3) is 0.786. The van der Waals surface area contributed by atoms with E-state index < -0.39 is 0 Å². The zero-order valence-corrected chi connectivity index (χ0v) is 12.7. The van der Waals surface area contributed by atoms with Gasteiger partial charge in [-0.1, -0.05) is 13.8 Å². The first-order valence-electron chi connectivity index (χ1n) is 7.22. The Morgan fingerprint density at radius 2 is 2.16 bits per heavy atom. The van der Waals surface area contributed by atoms with Crippen molar-refractivity contribution in [2.24, 2.45) is 12.8 Å². The Kier molecular flexibility index (Phi) is 7.05. The Morgan fingerprint density at radius 3 is 2.68 bits per heavy atom. The normalized spacial score (nSPS) is 13.2. The summed E-state index contributed by atoms with van der Waals surface area (Å²) in [6.45, 7) is 10.3. The zero-order valence-electron chi connectivity index (χ0n) is 12.7. The molecule has 0 saturated carbocycles. The van der Waals surface area contributed by atoms with E-state index in [1.54, 1.807) is 0 Å². The quantitative estimate of drug-likeness (QED) is 0.687. The average Bonchev–Trinajstić information content (AvgIpc) is 2.79. The highest BCUT2D eigenvalue weighted by molar-refractivity contribution is 5.22. The number of ether oxygens (including phenoxy) is 1. The second kappa shape index (κ2) is 8.30. The molecule has 1 aromatic rings. The first-order chi connectivity index (χ1) is 9.17. The lowest BCUT2D eigenvalue weighted by Gasteiger charge is -2.29. The second-order valence-corrected chi connectivity index (χ2v) is 4.64. The van der Waals surface area contributed by atoms with Crippen molar-refractivity contribution >= 4 is 0 Å². The summed E-state index contributed by atoms with van der Waals surface area (Å²) >= 11 is 0. The molecule has 0 radical (unpaired) electrons. The third-order valence-corrected chi connectivity index (χ3v) is 3.43. The van der Waals surface area contributed by atoms with Gasteiger partial charge in [0.15, 0.2) is 0 Å². The molecule has 5 nitrogen and oxygen atoms in total. The largest absolute Gasteiger partial charge is 0.380 e. The van der Waals surface area contributed by atoms with Gasteiger partial charge in [-0.25, -0.2) is 0 Å². The number of nitrogens with zero attached hydrogens (tertiary/aromatic N) is 3. The third kappa shape index (κ3) is 4.30. The molecule has 0 aromatic carbocycles. The van der Waals surface area contributed by atoms with Crippen molar-refractivity contribution in [3.05, 3.63) is 17.5 Å². The van der Waals surface area contributed by atoms with Crippen molar-refractivity contribution in [3.63, 3.8) is 0 Å². The average molecular weight is 268 g/mol. The molecule has 1 heterocycles. The minimum absolute atomic E-state index is 0.231. The molecule has 0 spiro atoms. The minimum atomic E-state index is 0.231. The van der Waals surface area contributed by atoms with Gasteiger partial charge in [-0.05, 0) is 19.9 Å². The van der Waals surface area contributed by atoms with Gasteiger partial charge < -0.3 is 10.5 Å². The number of nitrogens with two attached hydrogens (primary N) is 1. The summed E-state index contributed by atoms with van der Waals surface area (Å²) in [5.74, 6) is 0. The fourth-order valence-electron chi connectivity index (χ4n) is 2.44. The molecule has 0 bridgehead atoms. The van der Waals surface area contributed by atoms with E-state index in [0.29, 0.717) is 6.54 Å². The maximum Gasteiger partial charge on any atom is 0.0670 e. The highest BCUT2D eigenvalue weighted by atomic mass is 16.5. The molecule has 1 aromatic heterocycles. The van der Waals surface area contributed by atoms with Gasteiger partial charge in [-0.15, -0.1) is 0 Å². The van der Waals surface area contributed by atoms with Crippen LogP contribution in [0.2, 0.25) is 0 Å². The molecular weight excluding hydrogens is 240 g/mol. The molecule has 0 aliphatic rings. The molecule has 5 heteroatoms. The molecule has 0 saturated heterocycles. The Morgan fingerprint density at radius 1 is 1.42 bits per heavy atom. The summed E-state index contributed by atoms with van der Waals surface area (Å²) in [6.07, 6.45) is 3.04. The number of aromatic nitrogens is 2. The molecule has 0 aliphatic carbocycles. The van der Waals surface area contributed by atoms with Gasteiger partial charge in [0.1, 0.15) is 0 Å². The zero-order chi connectivity index (χ0) is 14.3. The van der Waals surface area contributed by atoms with Crippen LogP contribution in [0.15, 0.2) is 6.20 Å². The van der Waals surface area contributed by atoms with Gasteiger partial charge in [0.2, 0.25) is 0 Å². The SMILES string of the molecule is CCOCCN(CC)C(CN)c1cn(C)nc1CC. The number of aryl methyl sites for hydroxylation is 2. The maximum absolute atomic E-state index is 6.00. The van der Waals surface area contributed by atoms with Crippen molar-refractivity contribution in [1.29, 1.82) is 0 Å². The predicted molar refractivity (Wildman–Crippen MR) is 78.1 cm³/mol. The van der Waals surface area contributed by atoms with E-state index in [1.807, 2.05) is 18.7 Å². The smallest absolute Gasteiger partial charge is 0.0670 e. The van der Waals surface area contributed by atoms with Gasteiger partial charge in [0.05, 0.1) is 18.3 Å². The standard InChI is InChI=1S/C14H28N4O/c1-5-13-12(11-17(4)16-13)14(10-15)18(6-2)8-9-19-7-3/h11,14H,5-10,15H2,1-4H3. The van der Waals surface area contributed by atoms with Gasteiger partial charge in [0.25, 0.3) is 0 Å². The highest BCUT2D eigenvalue weighted by Gasteiger charge is 2.22. The van der Waals surface area contributed by atoms with Gasteiger partial charge >= 0.3 is 0 Å². The van der Waals surface area contributed by atoms with Crippen molar-refractivity contribution in [3.8, 4) is 0 Å². The van der Waals surface area contributed by atoms with E-state index in [0.717, 1.165) is 38.4 Å². The summed E-state index contributed by atoms with van der Waals surface area (Å²) < 4.78 is 7.34. The molecule has 2 N–H and O–H groups in total. The van der Waals surface area contributed by atoms with Crippen molar-refractivity contribution < 1.29 is 4.74 Å². The summed E-state index contributed by atoms with van der Waals surface area (Å²) in [5, 5.41) is 4.51. The van der Waals surface area contributed by atoms with Crippen LogP contribution in [-0.4, -0.2) is 47.5 Å². The van der Waals surface area contributed by atoms with E-state index in [4.69, 9.17) is 10.5 Å². The van der Waals surface area contributed by atoms with E-state index in [-0.39, 0.29) is 6.04 Å². The summed E-state index contributed by atoms with van der Waals surface area (Å²) in [4.78, 5) is 2.37. The first kappa shape index (κ1) is 16.1. The van der Waals surface area contributed by atoms with E-state index in [9.17, 15) is 0 Å². The lowest BCUT2D eigenvalue weighted by Crippen LogP contribution is -2.36. The highest BCUT2D eigenvalue weighted by Crippen LogP contribution is 2.22. The Labute approximate surface area is 116 Å². The second-order valence-electron chi connectivity index (χ2n) is 4.64. The Balaban J connectivity index is 2.83. The molecule has 19 heavy (non-hydrogen) atoms. The third-order valence-electron chi connectivity index (χ3n) is 3.43. The topological polar surface area (TPSA) is 56.3 Å². The van der Waals surface area contributed by atoms with Crippen LogP contribution in [0.25, 0.3) is 0 Å². The molecule has 0 aliphatic heterocycles. The lowest BCUT2D eigenvalue weighted by atomic mass is 10.0. The molecule has 0 fully saturated rings. The van der Waals surface area contributed by atoms with E-state index in [2.05, 4.69) is 30.0 Å². The monoisotopic (exact) mass is 268 g/mol. The van der Waals surface area contributed by atoms with E-state index >= 15 is 0 Å². The fourth-order valence-corrected chi connectivity index (χ4v) is 2.44. The molecule has 1 atom stereocenters. The maximum atomic E-state index is 6.00. The van der Waals surface area contributed by atoms with Crippen LogP contribution in [0.1, 0.15) is 38.1 Å². The van der Waals surface area contributed by atoms with Crippen molar-refractivity contribution in [1.82, 2.24) is 14.7 Å². The van der Waals surface area contributed by atoms with E-state index in [1.165, 1.54) is 5.56 Å². The van der Waals surface area contributed by atoms with Gasteiger partial charge in [0, 0.05) is 38.5 Å². The van der Waals surface area contributed by atoms with Crippen molar-refractivity contribution in [2.45, 2.75) is 33.2 Å². The van der Waals surface area contributed by atoms with Gasteiger partial charge in [-0.2, -0.15) is 5.10 Å². The van der Waals surface area contributed by atoms with Crippen LogP contribution in [0.4, 0.5) is 0 Å². The van der Waals surface area contributed by atoms with Crippen molar-refractivity contribution in [2.75, 3.05) is 32.8 Å². The molecule has 1 rings (SSSR count). The van der Waals surface area contributed by atoms with Gasteiger partial charge in [-0.3, -0.25) is 9.58 Å². The summed E-state index contributed by atoms with van der Waals surface area (Å²) in [6, 6.07) is 0.231. The number of hydrogen-bond donors (Lipinski definition) is 1. The van der Waals surface area contributed by atoms with Crippen LogP contribution >= 0.6 is 0 Å². The lowest BCUT2D eigenvalue weighted by molar-refractivity contribution is 0.0978. The molecule has 1 unspecified atom stereocenters. The van der Waals surface area contributed by atoms with Crippen LogP contribution in [0.3, 0.4) is 0 Å². The summed E-state index contributed by atoms with van der Waals surface area (Å²) in [5.41, 5.74) is 8.40. The van der Waals surface area contributed by atoms with Crippen LogP contribution < -0.4 is 5.73 Å². The number of hydrogen-bond acceptors (Lipinski definition) is 4.